The van der Waals surface area contributed by atoms with Gasteiger partial charge in [-0.3, -0.25) is 14.5 Å². The molecule has 2 aromatic rings. The molecule has 6 heteroatoms. The van der Waals surface area contributed by atoms with Crippen LogP contribution >= 0.6 is 11.3 Å². The van der Waals surface area contributed by atoms with Crippen LogP contribution in [0.25, 0.3) is 10.4 Å². The van der Waals surface area contributed by atoms with Crippen molar-refractivity contribution in [1.29, 1.82) is 0 Å². The second-order valence-electron chi connectivity index (χ2n) is 7.63. The highest BCUT2D eigenvalue weighted by Crippen LogP contribution is 2.33. The Hall–Kier alpha value is -2.18. The number of rotatable bonds is 4. The SMILES string of the molecule is CC(=O)Nc1ccc(-c2ccc(C(=O)N[C@H]3CN4CCC3CC4C)s2)cc1. The smallest absolute Gasteiger partial charge is 0.261 e. The second-order valence-corrected chi connectivity index (χ2v) is 8.71. The first-order valence-corrected chi connectivity index (χ1v) is 10.3. The van der Waals surface area contributed by atoms with Gasteiger partial charge in [0.2, 0.25) is 5.91 Å². The molecule has 0 saturated carbocycles. The molecule has 1 aromatic heterocycles. The number of fused-ring (bicyclic) bond motifs is 3. The van der Waals surface area contributed by atoms with Gasteiger partial charge in [0.25, 0.3) is 5.91 Å². The maximum Gasteiger partial charge on any atom is 0.261 e. The van der Waals surface area contributed by atoms with E-state index in [-0.39, 0.29) is 17.9 Å². The van der Waals surface area contributed by atoms with Crippen molar-refractivity contribution in [3.63, 3.8) is 0 Å². The lowest BCUT2D eigenvalue weighted by molar-refractivity contribution is -0.114. The second kappa shape index (κ2) is 7.44. The van der Waals surface area contributed by atoms with Gasteiger partial charge in [-0.15, -0.1) is 11.3 Å². The Morgan fingerprint density at radius 3 is 2.56 bits per heavy atom. The van der Waals surface area contributed by atoms with Crippen LogP contribution in [0, 0.1) is 5.92 Å². The van der Waals surface area contributed by atoms with E-state index in [1.807, 2.05) is 36.4 Å². The molecule has 0 radical (unpaired) electrons. The summed E-state index contributed by atoms with van der Waals surface area (Å²) in [5.41, 5.74) is 1.82. The molecule has 3 saturated heterocycles. The number of nitrogens with zero attached hydrogens (tertiary/aromatic N) is 1. The lowest BCUT2D eigenvalue weighted by Gasteiger charge is -2.48. The minimum absolute atomic E-state index is 0.0347. The maximum absolute atomic E-state index is 12.7. The van der Waals surface area contributed by atoms with Crippen molar-refractivity contribution in [3.8, 4) is 10.4 Å². The number of anilines is 1. The predicted octanol–water partition coefficient (Wildman–Crippen LogP) is 3.59. The minimum atomic E-state index is -0.0834. The lowest BCUT2D eigenvalue weighted by Crippen LogP contribution is -2.60. The van der Waals surface area contributed by atoms with E-state index in [1.54, 1.807) is 0 Å². The summed E-state index contributed by atoms with van der Waals surface area (Å²) in [6, 6.07) is 12.5. The van der Waals surface area contributed by atoms with Crippen LogP contribution in [0.1, 0.15) is 36.4 Å². The zero-order valence-electron chi connectivity index (χ0n) is 15.7. The highest BCUT2D eigenvalue weighted by molar-refractivity contribution is 7.17. The summed E-state index contributed by atoms with van der Waals surface area (Å²) < 4.78 is 0. The summed E-state index contributed by atoms with van der Waals surface area (Å²) in [5.74, 6) is 0.558. The third-order valence-corrected chi connectivity index (χ3v) is 6.82. The van der Waals surface area contributed by atoms with E-state index in [0.29, 0.717) is 12.0 Å². The van der Waals surface area contributed by atoms with Crippen LogP contribution in [0.5, 0.6) is 0 Å². The summed E-state index contributed by atoms with van der Waals surface area (Å²) in [4.78, 5) is 28.1. The lowest BCUT2D eigenvalue weighted by atomic mass is 9.80. The maximum atomic E-state index is 12.7. The normalized spacial score (nSPS) is 26.6. The number of carbonyl (C=O) groups excluding carboxylic acids is 2. The van der Waals surface area contributed by atoms with Crippen LogP contribution in [0.3, 0.4) is 0 Å². The molecule has 3 aliphatic heterocycles. The molecular formula is C21H25N3O2S. The van der Waals surface area contributed by atoms with Crippen molar-refractivity contribution in [1.82, 2.24) is 10.2 Å². The number of hydrogen-bond acceptors (Lipinski definition) is 4. The van der Waals surface area contributed by atoms with Gasteiger partial charge in [-0.05, 0) is 62.1 Å². The average molecular weight is 384 g/mol. The van der Waals surface area contributed by atoms with Crippen LogP contribution in [-0.4, -0.2) is 41.9 Å². The van der Waals surface area contributed by atoms with Gasteiger partial charge in [0.15, 0.2) is 0 Å². The Morgan fingerprint density at radius 2 is 1.93 bits per heavy atom. The third-order valence-electron chi connectivity index (χ3n) is 5.69. The Bertz CT molecular complexity index is 845. The first-order chi connectivity index (χ1) is 13.0. The van der Waals surface area contributed by atoms with E-state index in [0.717, 1.165) is 34.1 Å². The van der Waals surface area contributed by atoms with Gasteiger partial charge < -0.3 is 10.6 Å². The summed E-state index contributed by atoms with van der Waals surface area (Å²) in [7, 11) is 0. The molecule has 3 aliphatic rings. The molecule has 3 fully saturated rings. The van der Waals surface area contributed by atoms with Crippen LogP contribution in [0.4, 0.5) is 5.69 Å². The molecule has 5 rings (SSSR count). The molecule has 4 atom stereocenters. The number of thiophene rings is 1. The molecule has 0 spiro atoms. The van der Waals surface area contributed by atoms with E-state index in [2.05, 4.69) is 22.5 Å². The fourth-order valence-electron chi connectivity index (χ4n) is 4.23. The molecule has 0 aliphatic carbocycles. The largest absolute Gasteiger partial charge is 0.347 e. The third kappa shape index (κ3) is 3.92. The first-order valence-electron chi connectivity index (χ1n) is 9.52. The number of benzene rings is 1. The first kappa shape index (κ1) is 18.2. The topological polar surface area (TPSA) is 61.4 Å². The highest BCUT2D eigenvalue weighted by atomic mass is 32.1. The van der Waals surface area contributed by atoms with Gasteiger partial charge in [0.1, 0.15) is 0 Å². The molecule has 2 bridgehead atoms. The van der Waals surface area contributed by atoms with E-state index in [9.17, 15) is 9.59 Å². The van der Waals surface area contributed by atoms with E-state index < -0.39 is 0 Å². The Balaban J connectivity index is 1.41. The van der Waals surface area contributed by atoms with Crippen LogP contribution < -0.4 is 10.6 Å². The molecule has 2 N–H and O–H groups in total. The highest BCUT2D eigenvalue weighted by Gasteiger charge is 2.38. The fraction of sp³-hybridized carbons (Fsp3) is 0.429. The number of carbonyl (C=O) groups is 2. The van der Waals surface area contributed by atoms with Crippen LogP contribution in [-0.2, 0) is 4.79 Å². The van der Waals surface area contributed by atoms with Crippen molar-refractivity contribution in [3.05, 3.63) is 41.3 Å². The zero-order chi connectivity index (χ0) is 19.0. The van der Waals surface area contributed by atoms with Crippen LogP contribution in [0.15, 0.2) is 36.4 Å². The molecule has 4 heterocycles. The zero-order valence-corrected chi connectivity index (χ0v) is 16.5. The molecule has 5 nitrogen and oxygen atoms in total. The molecule has 27 heavy (non-hydrogen) atoms. The predicted molar refractivity (Wildman–Crippen MR) is 109 cm³/mol. The molecule has 142 valence electrons. The van der Waals surface area contributed by atoms with Gasteiger partial charge in [0, 0.05) is 36.1 Å². The van der Waals surface area contributed by atoms with Gasteiger partial charge >= 0.3 is 0 Å². The Kier molecular flexibility index (Phi) is 5.02. The summed E-state index contributed by atoms with van der Waals surface area (Å²) in [6.45, 7) is 5.91. The number of nitrogens with one attached hydrogen (secondary N) is 2. The average Bonchev–Trinajstić information content (AvgIpc) is 3.13. The Morgan fingerprint density at radius 1 is 1.15 bits per heavy atom. The molecular weight excluding hydrogens is 358 g/mol. The molecule has 2 amide bonds. The van der Waals surface area contributed by atoms with Crippen LogP contribution in [0.2, 0.25) is 0 Å². The van der Waals surface area contributed by atoms with E-state index in [4.69, 9.17) is 0 Å². The van der Waals surface area contributed by atoms with Crippen molar-refractivity contribution in [2.24, 2.45) is 5.92 Å². The quantitative estimate of drug-likeness (QED) is 0.848. The molecule has 3 unspecified atom stereocenters. The van der Waals surface area contributed by atoms with Crippen molar-refractivity contribution >= 4 is 28.8 Å². The van der Waals surface area contributed by atoms with Gasteiger partial charge in [-0.25, -0.2) is 0 Å². The fourth-order valence-corrected chi connectivity index (χ4v) is 5.15. The van der Waals surface area contributed by atoms with Crippen molar-refractivity contribution in [2.45, 2.75) is 38.8 Å². The number of piperidine rings is 3. The van der Waals surface area contributed by atoms with Gasteiger partial charge in [-0.1, -0.05) is 12.1 Å². The monoisotopic (exact) mass is 383 g/mol. The number of amides is 2. The molecule has 1 aromatic carbocycles. The Labute approximate surface area is 163 Å². The minimum Gasteiger partial charge on any atom is -0.347 e. The van der Waals surface area contributed by atoms with Gasteiger partial charge in [0.05, 0.1) is 4.88 Å². The van der Waals surface area contributed by atoms with Crippen molar-refractivity contribution < 1.29 is 9.59 Å². The summed E-state index contributed by atoms with van der Waals surface area (Å²) in [6.07, 6.45) is 2.37. The summed E-state index contributed by atoms with van der Waals surface area (Å²) in [5, 5.41) is 6.03. The van der Waals surface area contributed by atoms with Crippen molar-refractivity contribution in [2.75, 3.05) is 18.4 Å². The van der Waals surface area contributed by atoms with E-state index >= 15 is 0 Å². The standard InChI is InChI=1S/C21H25N3O2S/c1-13-11-16-9-10-24(13)12-18(16)23-21(26)20-8-7-19(27-20)15-3-5-17(6-4-15)22-14(2)25/h3-8,13,16,18H,9-12H2,1-2H3,(H,22,25)(H,23,26)/t13?,16?,18-/m0/s1. The number of hydrogen-bond donors (Lipinski definition) is 2. The summed E-state index contributed by atoms with van der Waals surface area (Å²) >= 11 is 1.51. The van der Waals surface area contributed by atoms with Gasteiger partial charge in [-0.2, -0.15) is 0 Å². The van der Waals surface area contributed by atoms with E-state index in [1.165, 1.54) is 31.1 Å².